The van der Waals surface area contributed by atoms with Gasteiger partial charge in [0.25, 0.3) is 5.91 Å². The molecule has 0 atom stereocenters. The van der Waals surface area contributed by atoms with Crippen molar-refractivity contribution >= 4 is 5.91 Å². The second-order valence-corrected chi connectivity index (χ2v) is 7.88. The zero-order valence-corrected chi connectivity index (χ0v) is 17.9. The fourth-order valence-corrected chi connectivity index (χ4v) is 3.88. The van der Waals surface area contributed by atoms with Gasteiger partial charge in [-0.2, -0.15) is 0 Å². The largest absolute Gasteiger partial charge is 0.573 e. The number of carbonyl (C=O) groups is 1. The Morgan fingerprint density at radius 2 is 1.64 bits per heavy atom. The number of hydrogen-bond acceptors (Lipinski definition) is 4. The van der Waals surface area contributed by atoms with Gasteiger partial charge in [0.2, 0.25) is 0 Å². The van der Waals surface area contributed by atoms with Crippen molar-refractivity contribution in [3.63, 3.8) is 0 Å². The third-order valence-electron chi connectivity index (χ3n) is 5.56. The molecule has 0 aliphatic carbocycles. The minimum Gasteiger partial charge on any atom is -0.406 e. The van der Waals surface area contributed by atoms with E-state index in [1.165, 1.54) is 16.7 Å². The monoisotopic (exact) mass is 460 g/mol. The van der Waals surface area contributed by atoms with Gasteiger partial charge < -0.3 is 14.6 Å². The molecule has 1 amide bonds. The van der Waals surface area contributed by atoms with E-state index in [2.05, 4.69) is 14.6 Å². The van der Waals surface area contributed by atoms with Crippen molar-refractivity contribution < 1.29 is 22.7 Å². The number of H-pyrrole nitrogens is 1. The number of aryl methyl sites for hydroxylation is 1. The number of rotatable bonds is 5. The number of benzene rings is 2. The summed E-state index contributed by atoms with van der Waals surface area (Å²) in [6.07, 6.45) is -3.07. The second-order valence-electron chi connectivity index (χ2n) is 7.88. The average molecular weight is 460 g/mol. The maximum absolute atomic E-state index is 12.9. The van der Waals surface area contributed by atoms with E-state index in [4.69, 9.17) is 0 Å². The number of nitrogens with zero attached hydrogens (tertiary/aromatic N) is 3. The predicted molar refractivity (Wildman–Crippen MR) is 115 cm³/mol. The molecule has 1 N–H and O–H groups in total. The van der Waals surface area contributed by atoms with Crippen molar-refractivity contribution in [3.05, 3.63) is 82.0 Å². The van der Waals surface area contributed by atoms with E-state index in [0.717, 1.165) is 11.3 Å². The van der Waals surface area contributed by atoms with Crippen LogP contribution in [-0.2, 0) is 6.54 Å². The number of imidazole rings is 1. The molecule has 2 aromatic carbocycles. The summed E-state index contributed by atoms with van der Waals surface area (Å²) in [6.45, 7) is 4.80. The van der Waals surface area contributed by atoms with Gasteiger partial charge in [0.05, 0.1) is 5.69 Å². The number of carbonyl (C=O) groups excluding carboxylic acids is 1. The Bertz CT molecular complexity index is 1160. The van der Waals surface area contributed by atoms with Crippen LogP contribution in [0.25, 0.3) is 5.69 Å². The molecule has 4 rings (SSSR count). The van der Waals surface area contributed by atoms with Crippen LogP contribution in [0.5, 0.6) is 5.75 Å². The van der Waals surface area contributed by atoms with Crippen LogP contribution in [0.2, 0.25) is 0 Å². The molecule has 2 heterocycles. The normalized spacial score (nSPS) is 15.0. The van der Waals surface area contributed by atoms with E-state index < -0.39 is 6.36 Å². The number of aromatic amines is 1. The lowest BCUT2D eigenvalue weighted by Gasteiger charge is -2.34. The summed E-state index contributed by atoms with van der Waals surface area (Å²) >= 11 is 0. The summed E-state index contributed by atoms with van der Waals surface area (Å²) in [5.74, 6) is -0.322. The SMILES string of the molecule is Cc1c[nH]c(=O)n1-c1ccc(C(=O)N2CCN(Cc3ccc(OC(F)(F)F)cc3)CC2)cc1. The van der Waals surface area contributed by atoms with Gasteiger partial charge in [-0.3, -0.25) is 14.3 Å². The minimum absolute atomic E-state index is 0.0759. The first-order valence-electron chi connectivity index (χ1n) is 10.4. The van der Waals surface area contributed by atoms with Crippen molar-refractivity contribution in [2.45, 2.75) is 19.8 Å². The first-order valence-corrected chi connectivity index (χ1v) is 10.4. The van der Waals surface area contributed by atoms with Crippen LogP contribution >= 0.6 is 0 Å². The average Bonchev–Trinajstić information content (AvgIpc) is 3.12. The maximum Gasteiger partial charge on any atom is 0.573 e. The maximum atomic E-state index is 12.9. The molecule has 7 nitrogen and oxygen atoms in total. The molecule has 1 aromatic heterocycles. The highest BCUT2D eigenvalue weighted by Gasteiger charge is 2.31. The fraction of sp³-hybridized carbons (Fsp3) is 0.304. The second kappa shape index (κ2) is 9.14. The molecule has 0 spiro atoms. The molecule has 0 saturated carbocycles. The van der Waals surface area contributed by atoms with Crippen molar-refractivity contribution in [1.29, 1.82) is 0 Å². The van der Waals surface area contributed by atoms with Crippen LogP contribution < -0.4 is 10.4 Å². The van der Waals surface area contributed by atoms with E-state index in [0.29, 0.717) is 44.0 Å². The van der Waals surface area contributed by atoms with Crippen LogP contribution in [0, 0.1) is 6.92 Å². The number of halogens is 3. The molecule has 33 heavy (non-hydrogen) atoms. The van der Waals surface area contributed by atoms with E-state index in [-0.39, 0.29) is 17.3 Å². The van der Waals surface area contributed by atoms with Crippen molar-refractivity contribution in [3.8, 4) is 11.4 Å². The number of hydrogen-bond donors (Lipinski definition) is 1. The fourth-order valence-electron chi connectivity index (χ4n) is 3.88. The zero-order chi connectivity index (χ0) is 23.6. The van der Waals surface area contributed by atoms with Gasteiger partial charge in [-0.15, -0.1) is 13.2 Å². The smallest absolute Gasteiger partial charge is 0.406 e. The quantitative estimate of drug-likeness (QED) is 0.634. The highest BCUT2D eigenvalue weighted by molar-refractivity contribution is 5.94. The molecule has 1 saturated heterocycles. The molecule has 174 valence electrons. The first kappa shape index (κ1) is 22.7. The van der Waals surface area contributed by atoms with Crippen LogP contribution in [0.4, 0.5) is 13.2 Å². The van der Waals surface area contributed by atoms with E-state index in [1.54, 1.807) is 47.5 Å². The first-order chi connectivity index (χ1) is 15.7. The van der Waals surface area contributed by atoms with E-state index in [1.807, 2.05) is 6.92 Å². The molecule has 0 bridgehead atoms. The summed E-state index contributed by atoms with van der Waals surface area (Å²) < 4.78 is 42.3. The van der Waals surface area contributed by atoms with Gasteiger partial charge in [-0.05, 0) is 48.9 Å². The number of amides is 1. The molecule has 1 aliphatic rings. The summed E-state index contributed by atoms with van der Waals surface area (Å²) in [5, 5.41) is 0. The van der Waals surface area contributed by atoms with E-state index >= 15 is 0 Å². The Balaban J connectivity index is 1.31. The number of piperazine rings is 1. The van der Waals surface area contributed by atoms with Crippen LogP contribution in [0.1, 0.15) is 21.6 Å². The molecule has 0 radical (unpaired) electrons. The molecular formula is C23H23F3N4O3. The highest BCUT2D eigenvalue weighted by atomic mass is 19.4. The summed E-state index contributed by atoms with van der Waals surface area (Å²) in [7, 11) is 0. The Hall–Kier alpha value is -3.53. The van der Waals surface area contributed by atoms with Gasteiger partial charge in [-0.25, -0.2) is 4.79 Å². The third-order valence-corrected chi connectivity index (χ3v) is 5.56. The summed E-state index contributed by atoms with van der Waals surface area (Å²) in [5.41, 5.74) is 2.65. The van der Waals surface area contributed by atoms with Crippen LogP contribution in [-0.4, -0.2) is 57.8 Å². The van der Waals surface area contributed by atoms with Crippen molar-refractivity contribution in [2.75, 3.05) is 26.2 Å². The van der Waals surface area contributed by atoms with Gasteiger partial charge in [0, 0.05) is 50.2 Å². The Kier molecular flexibility index (Phi) is 6.28. The topological polar surface area (TPSA) is 70.6 Å². The van der Waals surface area contributed by atoms with Crippen molar-refractivity contribution in [2.24, 2.45) is 0 Å². The summed E-state index contributed by atoms with van der Waals surface area (Å²) in [6, 6.07) is 12.7. The molecule has 3 aromatic rings. The highest BCUT2D eigenvalue weighted by Crippen LogP contribution is 2.23. The third kappa shape index (κ3) is 5.46. The standard InChI is InChI=1S/C23H23F3N4O3/c1-16-14-27-22(32)30(16)19-6-4-18(5-7-19)21(31)29-12-10-28(11-13-29)15-17-2-8-20(9-3-17)33-23(24,25)26/h2-9,14H,10-13,15H2,1H3,(H,27,32). The van der Waals surface area contributed by atoms with Crippen molar-refractivity contribution in [1.82, 2.24) is 19.4 Å². The Morgan fingerprint density at radius 1 is 1.00 bits per heavy atom. The van der Waals surface area contributed by atoms with Gasteiger partial charge in [-0.1, -0.05) is 12.1 Å². The molecule has 10 heteroatoms. The Morgan fingerprint density at radius 3 is 2.18 bits per heavy atom. The van der Waals surface area contributed by atoms with Crippen LogP contribution in [0.15, 0.2) is 59.5 Å². The van der Waals surface area contributed by atoms with E-state index in [9.17, 15) is 22.8 Å². The number of alkyl halides is 3. The lowest BCUT2D eigenvalue weighted by atomic mass is 10.1. The van der Waals surface area contributed by atoms with Gasteiger partial charge >= 0.3 is 12.1 Å². The molecule has 0 unspecified atom stereocenters. The molecule has 1 fully saturated rings. The van der Waals surface area contributed by atoms with Gasteiger partial charge in [0.15, 0.2) is 0 Å². The number of nitrogens with one attached hydrogen (secondary N) is 1. The number of ether oxygens (including phenoxy) is 1. The molecular weight excluding hydrogens is 437 g/mol. The zero-order valence-electron chi connectivity index (χ0n) is 17.9. The lowest BCUT2D eigenvalue weighted by molar-refractivity contribution is -0.274. The molecule has 1 aliphatic heterocycles. The van der Waals surface area contributed by atoms with Gasteiger partial charge in [0.1, 0.15) is 5.75 Å². The Labute approximate surface area is 188 Å². The van der Waals surface area contributed by atoms with Crippen LogP contribution in [0.3, 0.4) is 0 Å². The predicted octanol–water partition coefficient (Wildman–Crippen LogP) is 3.33. The summed E-state index contributed by atoms with van der Waals surface area (Å²) in [4.78, 5) is 31.3. The minimum atomic E-state index is -4.70. The lowest BCUT2D eigenvalue weighted by Crippen LogP contribution is -2.48. The number of aromatic nitrogens is 2.